The molecule has 0 radical (unpaired) electrons. The highest BCUT2D eigenvalue weighted by Gasteiger charge is 2.26. The Bertz CT molecular complexity index is 1740. The fourth-order valence-corrected chi connectivity index (χ4v) is 7.14. The number of nitrogens with zero attached hydrogens (tertiary/aromatic N) is 6. The van der Waals surface area contributed by atoms with Crippen molar-refractivity contribution >= 4 is 38.7 Å². The van der Waals surface area contributed by atoms with Crippen LogP contribution in [-0.2, 0) is 26.0 Å². The lowest BCUT2D eigenvalue weighted by Crippen LogP contribution is -2.45. The van der Waals surface area contributed by atoms with Crippen molar-refractivity contribution in [1.82, 2.24) is 29.5 Å². The quantitative estimate of drug-likeness (QED) is 0.244. The number of hydrogen-bond donors (Lipinski definition) is 2. The number of likely N-dealkylation sites (N-methyl/N-ethyl adjacent to an activating group) is 1. The number of aryl methyl sites for hydroxylation is 3. The number of aromatic nitrogens is 4. The van der Waals surface area contributed by atoms with Crippen molar-refractivity contribution in [3.05, 3.63) is 77.4 Å². The summed E-state index contributed by atoms with van der Waals surface area (Å²) in [6, 6.07) is 13.9. The molecular weight excluding hydrogens is 544 g/mol. The first-order valence-corrected chi connectivity index (χ1v) is 15.4. The molecule has 1 saturated heterocycles. The van der Waals surface area contributed by atoms with Crippen LogP contribution in [0.1, 0.15) is 22.4 Å². The molecule has 1 fully saturated rings. The van der Waals surface area contributed by atoms with Gasteiger partial charge in [0.25, 0.3) is 0 Å². The Morgan fingerprint density at radius 2 is 1.90 bits per heavy atom. The van der Waals surface area contributed by atoms with Gasteiger partial charge < -0.3 is 20.7 Å². The van der Waals surface area contributed by atoms with E-state index in [1.165, 1.54) is 21.7 Å². The van der Waals surface area contributed by atoms with Crippen molar-refractivity contribution in [3.8, 4) is 16.2 Å². The molecule has 3 aromatic heterocycles. The van der Waals surface area contributed by atoms with Gasteiger partial charge in [0.1, 0.15) is 29.3 Å². The van der Waals surface area contributed by atoms with Crippen molar-refractivity contribution in [3.63, 3.8) is 0 Å². The van der Waals surface area contributed by atoms with E-state index in [-0.39, 0.29) is 0 Å². The summed E-state index contributed by atoms with van der Waals surface area (Å²) in [7, 11) is 2.20. The normalized spacial score (nSPS) is 15.5. The lowest BCUT2D eigenvalue weighted by Gasteiger charge is -2.32. The number of nitrogens with one attached hydrogen (secondary N) is 1. The Hall–Kier alpha value is -3.99. The Morgan fingerprint density at radius 3 is 2.74 bits per heavy atom. The molecule has 0 amide bonds. The van der Waals surface area contributed by atoms with Crippen LogP contribution in [0, 0.1) is 6.92 Å². The van der Waals surface area contributed by atoms with Crippen molar-refractivity contribution in [2.24, 2.45) is 0 Å². The number of hydrogen-bond acceptors (Lipinski definition) is 9. The predicted octanol–water partition coefficient (Wildman–Crippen LogP) is 5.11. The monoisotopic (exact) mass is 580 g/mol. The van der Waals surface area contributed by atoms with E-state index in [1.807, 2.05) is 36.4 Å². The zero-order chi connectivity index (χ0) is 28.6. The summed E-state index contributed by atoms with van der Waals surface area (Å²) < 4.78 is 8.23. The number of rotatable bonds is 8. The molecule has 0 unspecified atom stereocenters. The smallest absolute Gasteiger partial charge is 0.142 e. The van der Waals surface area contributed by atoms with Gasteiger partial charge in [-0.1, -0.05) is 12.1 Å². The van der Waals surface area contributed by atoms with Crippen molar-refractivity contribution in [1.29, 1.82) is 0 Å². The van der Waals surface area contributed by atoms with Gasteiger partial charge in [-0.15, -0.1) is 11.3 Å². The van der Waals surface area contributed by atoms with Crippen LogP contribution < -0.4 is 15.8 Å². The Balaban J connectivity index is 1.09. The average molecular weight is 581 g/mol. The van der Waals surface area contributed by atoms with E-state index in [1.54, 1.807) is 17.7 Å². The minimum absolute atomic E-state index is 0.473. The minimum atomic E-state index is 0.473. The number of benzene rings is 2. The first kappa shape index (κ1) is 26.9. The largest absolute Gasteiger partial charge is 0.489 e. The van der Waals surface area contributed by atoms with Crippen LogP contribution in [0.4, 0.5) is 17.2 Å². The van der Waals surface area contributed by atoms with Crippen LogP contribution in [0.5, 0.6) is 5.75 Å². The van der Waals surface area contributed by atoms with Crippen LogP contribution in [0.25, 0.3) is 20.7 Å². The van der Waals surface area contributed by atoms with Gasteiger partial charge in [0, 0.05) is 60.7 Å². The standard InChI is InChI=1S/C32H36N8OS/c1-21-16-24(6-9-28(21)41-19-22-4-3-5-23(33)17-22)36-31-29-25-7-8-27-26(30(25)42-32(29)35-20-34-31)18-40(37-27)15-14-39-12-10-38(2)11-13-39/h3-6,9,16-18,20H,7-8,10-15,19,33H2,1-2H3,(H,34,35,36). The fourth-order valence-electron chi connectivity index (χ4n) is 5.92. The van der Waals surface area contributed by atoms with E-state index in [0.29, 0.717) is 6.61 Å². The molecule has 2 aliphatic rings. The summed E-state index contributed by atoms with van der Waals surface area (Å²) >= 11 is 1.75. The summed E-state index contributed by atoms with van der Waals surface area (Å²) in [4.78, 5) is 16.6. The van der Waals surface area contributed by atoms with Crippen LogP contribution >= 0.6 is 11.3 Å². The molecule has 0 spiro atoms. The van der Waals surface area contributed by atoms with Crippen LogP contribution in [0.15, 0.2) is 55.0 Å². The molecule has 10 heteroatoms. The second-order valence-corrected chi connectivity index (χ2v) is 12.3. The number of ether oxygens (including phenoxy) is 1. The molecule has 216 valence electrons. The molecule has 0 atom stereocenters. The first-order chi connectivity index (χ1) is 20.5. The maximum atomic E-state index is 6.09. The first-order valence-electron chi connectivity index (χ1n) is 14.6. The van der Waals surface area contributed by atoms with E-state index >= 15 is 0 Å². The van der Waals surface area contributed by atoms with Gasteiger partial charge in [-0.3, -0.25) is 9.58 Å². The fraction of sp³-hybridized carbons (Fsp3) is 0.344. The molecular formula is C32H36N8OS. The van der Waals surface area contributed by atoms with Crippen molar-refractivity contribution in [2.45, 2.75) is 32.9 Å². The summed E-state index contributed by atoms with van der Waals surface area (Å²) in [5.41, 5.74) is 13.5. The number of fused-ring (bicyclic) bond motifs is 5. The summed E-state index contributed by atoms with van der Waals surface area (Å²) in [5, 5.41) is 9.68. The van der Waals surface area contributed by atoms with Gasteiger partial charge in [0.15, 0.2) is 0 Å². The van der Waals surface area contributed by atoms with E-state index in [9.17, 15) is 0 Å². The molecule has 42 heavy (non-hydrogen) atoms. The van der Waals surface area contributed by atoms with Gasteiger partial charge in [-0.05, 0) is 73.8 Å². The second-order valence-electron chi connectivity index (χ2n) is 11.3. The molecule has 5 aromatic rings. The zero-order valence-corrected chi connectivity index (χ0v) is 25.0. The van der Waals surface area contributed by atoms with E-state index in [0.717, 1.165) is 96.4 Å². The van der Waals surface area contributed by atoms with E-state index < -0.39 is 0 Å². The number of thiophene rings is 1. The molecule has 9 nitrogen and oxygen atoms in total. The third kappa shape index (κ3) is 5.45. The molecule has 0 bridgehead atoms. The number of nitrogens with two attached hydrogens (primary N) is 1. The number of piperazine rings is 1. The molecule has 4 heterocycles. The SMILES string of the molecule is Cc1cc(Nc2ncnc3sc4c(c23)CCc2nn(CCN3CCN(C)CC3)cc2-4)ccc1OCc1cccc(N)c1. The summed E-state index contributed by atoms with van der Waals surface area (Å²) in [6.45, 7) is 9.03. The number of nitrogen functional groups attached to an aromatic ring is 1. The van der Waals surface area contributed by atoms with Crippen LogP contribution in [-0.4, -0.2) is 69.3 Å². The third-order valence-corrected chi connectivity index (χ3v) is 9.48. The van der Waals surface area contributed by atoms with Gasteiger partial charge in [-0.25, -0.2) is 9.97 Å². The third-order valence-electron chi connectivity index (χ3n) is 8.31. The average Bonchev–Trinajstić information content (AvgIpc) is 3.58. The number of anilines is 3. The predicted molar refractivity (Wildman–Crippen MR) is 170 cm³/mol. The molecule has 0 saturated carbocycles. The van der Waals surface area contributed by atoms with E-state index in [4.69, 9.17) is 15.6 Å². The topological polar surface area (TPSA) is 97.4 Å². The maximum Gasteiger partial charge on any atom is 0.142 e. The molecule has 1 aliphatic heterocycles. The maximum absolute atomic E-state index is 6.09. The summed E-state index contributed by atoms with van der Waals surface area (Å²) in [6.07, 6.45) is 5.77. The van der Waals surface area contributed by atoms with Crippen molar-refractivity contribution < 1.29 is 4.74 Å². The molecule has 3 N–H and O–H groups in total. The molecule has 7 rings (SSSR count). The van der Waals surface area contributed by atoms with Gasteiger partial charge in [-0.2, -0.15) is 5.10 Å². The highest BCUT2D eigenvalue weighted by Crippen LogP contribution is 2.45. The highest BCUT2D eigenvalue weighted by molar-refractivity contribution is 7.22. The molecule has 2 aromatic carbocycles. The second kappa shape index (κ2) is 11.4. The lowest BCUT2D eigenvalue weighted by atomic mass is 9.95. The van der Waals surface area contributed by atoms with Gasteiger partial charge in [0.2, 0.25) is 0 Å². The Labute approximate surface area is 249 Å². The highest BCUT2D eigenvalue weighted by atomic mass is 32.1. The van der Waals surface area contributed by atoms with Gasteiger partial charge in [0.05, 0.1) is 17.6 Å². The Kier molecular flexibility index (Phi) is 7.27. The Morgan fingerprint density at radius 1 is 1.02 bits per heavy atom. The van der Waals surface area contributed by atoms with Crippen LogP contribution in [0.3, 0.4) is 0 Å². The lowest BCUT2D eigenvalue weighted by molar-refractivity contribution is 0.148. The molecule has 1 aliphatic carbocycles. The van der Waals surface area contributed by atoms with Gasteiger partial charge >= 0.3 is 0 Å². The van der Waals surface area contributed by atoms with Crippen LogP contribution in [0.2, 0.25) is 0 Å². The van der Waals surface area contributed by atoms with E-state index in [2.05, 4.69) is 56.0 Å². The zero-order valence-electron chi connectivity index (χ0n) is 24.1. The minimum Gasteiger partial charge on any atom is -0.489 e. The van der Waals surface area contributed by atoms with Crippen molar-refractivity contribution in [2.75, 3.05) is 50.8 Å². The summed E-state index contributed by atoms with van der Waals surface area (Å²) in [5.74, 6) is 1.69.